The van der Waals surface area contributed by atoms with Crippen LogP contribution in [0.1, 0.15) is 23.2 Å². The molecule has 1 aliphatic heterocycles. The Morgan fingerprint density at radius 1 is 1.45 bits per heavy atom. The van der Waals surface area contributed by atoms with E-state index in [9.17, 15) is 17.6 Å². The minimum Gasteiger partial charge on any atom is -0.336 e. The Morgan fingerprint density at radius 2 is 2.15 bits per heavy atom. The number of benzene rings is 1. The van der Waals surface area contributed by atoms with Gasteiger partial charge in [0.1, 0.15) is 6.17 Å². The quantitative estimate of drug-likeness (QED) is 0.866. The predicted molar refractivity (Wildman–Crippen MR) is 75.5 cm³/mol. The molecule has 8 heteroatoms. The highest BCUT2D eigenvalue weighted by Gasteiger charge is 2.25. The van der Waals surface area contributed by atoms with Crippen molar-refractivity contribution in [3.8, 4) is 0 Å². The summed E-state index contributed by atoms with van der Waals surface area (Å²) >= 11 is 3.08. The van der Waals surface area contributed by atoms with Gasteiger partial charge in [0.2, 0.25) is 10.0 Å². The number of primary sulfonamides is 1. The Labute approximate surface area is 125 Å². The summed E-state index contributed by atoms with van der Waals surface area (Å²) in [6.07, 6.45) is 0.0982. The largest absolute Gasteiger partial charge is 0.336 e. The van der Waals surface area contributed by atoms with Gasteiger partial charge in [-0.15, -0.1) is 0 Å². The summed E-state index contributed by atoms with van der Waals surface area (Å²) in [5.41, 5.74) is 0.304. The van der Waals surface area contributed by atoms with Gasteiger partial charge in [0.15, 0.2) is 0 Å². The molecule has 20 heavy (non-hydrogen) atoms. The van der Waals surface area contributed by atoms with Crippen molar-refractivity contribution in [2.24, 2.45) is 5.14 Å². The molecule has 1 atom stereocenters. The molecule has 1 amide bonds. The second kappa shape index (κ2) is 5.79. The third-order valence-corrected chi connectivity index (χ3v) is 5.02. The van der Waals surface area contributed by atoms with Gasteiger partial charge >= 0.3 is 0 Å². The van der Waals surface area contributed by atoms with E-state index >= 15 is 0 Å². The fraction of sp³-hybridized carbons (Fsp3) is 0.417. The lowest BCUT2D eigenvalue weighted by Crippen LogP contribution is -2.40. The molecule has 0 saturated carbocycles. The SMILES string of the molecule is NS(=O)(=O)c1ccc(C(=O)N2CCCC(F)C2)cc1Br. The summed E-state index contributed by atoms with van der Waals surface area (Å²) < 4.78 is 36.1. The highest BCUT2D eigenvalue weighted by atomic mass is 79.9. The minimum atomic E-state index is -3.84. The first-order chi connectivity index (χ1) is 9.29. The van der Waals surface area contributed by atoms with Gasteiger partial charge in [-0.1, -0.05) is 0 Å². The smallest absolute Gasteiger partial charge is 0.253 e. The summed E-state index contributed by atoms with van der Waals surface area (Å²) in [5.74, 6) is -0.311. The molecule has 1 aromatic rings. The van der Waals surface area contributed by atoms with Crippen LogP contribution < -0.4 is 5.14 Å². The molecular weight excluding hydrogens is 351 g/mol. The number of hydrogen-bond donors (Lipinski definition) is 1. The van der Waals surface area contributed by atoms with E-state index in [1.54, 1.807) is 0 Å². The van der Waals surface area contributed by atoms with Crippen LogP contribution in [-0.4, -0.2) is 38.5 Å². The van der Waals surface area contributed by atoms with Crippen molar-refractivity contribution in [1.29, 1.82) is 0 Å². The van der Waals surface area contributed by atoms with Crippen molar-refractivity contribution >= 4 is 31.9 Å². The number of alkyl halides is 1. The molecule has 0 aliphatic carbocycles. The zero-order valence-corrected chi connectivity index (χ0v) is 13.0. The van der Waals surface area contributed by atoms with Crippen molar-refractivity contribution in [2.75, 3.05) is 13.1 Å². The van der Waals surface area contributed by atoms with Crippen molar-refractivity contribution in [2.45, 2.75) is 23.9 Å². The van der Waals surface area contributed by atoms with Crippen LogP contribution in [0.5, 0.6) is 0 Å². The van der Waals surface area contributed by atoms with Gasteiger partial charge in [-0.25, -0.2) is 17.9 Å². The van der Waals surface area contributed by atoms with Crippen LogP contribution in [0.3, 0.4) is 0 Å². The first-order valence-electron chi connectivity index (χ1n) is 6.05. The average molecular weight is 365 g/mol. The maximum atomic E-state index is 13.3. The van der Waals surface area contributed by atoms with E-state index in [0.29, 0.717) is 24.9 Å². The Kier molecular flexibility index (Phi) is 4.46. The Hall–Kier alpha value is -0.990. The second-order valence-corrected chi connectivity index (χ2v) is 7.07. The molecule has 0 spiro atoms. The van der Waals surface area contributed by atoms with Crippen LogP contribution in [0.4, 0.5) is 4.39 Å². The number of halogens is 2. The van der Waals surface area contributed by atoms with Crippen molar-refractivity contribution in [3.05, 3.63) is 28.2 Å². The van der Waals surface area contributed by atoms with E-state index in [-0.39, 0.29) is 21.8 Å². The number of rotatable bonds is 2. The maximum absolute atomic E-state index is 13.3. The predicted octanol–water partition coefficient (Wildman–Crippen LogP) is 1.67. The van der Waals surface area contributed by atoms with Gasteiger partial charge in [0, 0.05) is 16.6 Å². The maximum Gasteiger partial charge on any atom is 0.253 e. The van der Waals surface area contributed by atoms with E-state index in [0.717, 1.165) is 0 Å². The van der Waals surface area contributed by atoms with Gasteiger partial charge in [-0.05, 0) is 47.0 Å². The van der Waals surface area contributed by atoms with Crippen molar-refractivity contribution in [3.63, 3.8) is 0 Å². The molecule has 2 rings (SSSR count). The molecule has 1 aromatic carbocycles. The Balaban J connectivity index is 2.25. The highest BCUT2D eigenvalue weighted by molar-refractivity contribution is 9.10. The standard InChI is InChI=1S/C12H14BrFN2O3S/c13-10-6-8(3-4-11(10)20(15,18)19)12(17)16-5-1-2-9(14)7-16/h3-4,6,9H,1-2,5,7H2,(H2,15,18,19). The second-order valence-electron chi connectivity index (χ2n) is 4.68. The molecule has 1 heterocycles. The Bertz CT molecular complexity index is 636. The third kappa shape index (κ3) is 3.36. The normalized spacial score (nSPS) is 19.9. The van der Waals surface area contributed by atoms with E-state index in [2.05, 4.69) is 15.9 Å². The summed E-state index contributed by atoms with van der Waals surface area (Å²) in [6, 6.07) is 4.04. The summed E-state index contributed by atoms with van der Waals surface area (Å²) in [6.45, 7) is 0.585. The molecule has 0 bridgehead atoms. The van der Waals surface area contributed by atoms with E-state index in [1.165, 1.54) is 23.1 Å². The van der Waals surface area contributed by atoms with Crippen LogP contribution in [0.15, 0.2) is 27.6 Å². The molecule has 0 radical (unpaired) electrons. The molecule has 1 saturated heterocycles. The lowest BCUT2D eigenvalue weighted by Gasteiger charge is -2.29. The number of nitrogens with zero attached hydrogens (tertiary/aromatic N) is 1. The molecule has 1 fully saturated rings. The van der Waals surface area contributed by atoms with Crippen LogP contribution in [0, 0.1) is 0 Å². The zero-order valence-electron chi connectivity index (χ0n) is 10.6. The molecule has 5 nitrogen and oxygen atoms in total. The van der Waals surface area contributed by atoms with Crippen LogP contribution >= 0.6 is 15.9 Å². The molecule has 1 unspecified atom stereocenters. The molecule has 110 valence electrons. The number of likely N-dealkylation sites (tertiary alicyclic amines) is 1. The van der Waals surface area contributed by atoms with Crippen LogP contribution in [-0.2, 0) is 10.0 Å². The summed E-state index contributed by atoms with van der Waals surface area (Å²) in [4.78, 5) is 13.6. The van der Waals surface area contributed by atoms with Gasteiger partial charge in [0.25, 0.3) is 5.91 Å². The fourth-order valence-electron chi connectivity index (χ4n) is 2.16. The number of sulfonamides is 1. The monoisotopic (exact) mass is 364 g/mol. The number of hydrogen-bond acceptors (Lipinski definition) is 3. The highest BCUT2D eigenvalue weighted by Crippen LogP contribution is 2.24. The van der Waals surface area contributed by atoms with Crippen molar-refractivity contribution in [1.82, 2.24) is 4.90 Å². The lowest BCUT2D eigenvalue weighted by atomic mass is 10.1. The third-order valence-electron chi connectivity index (χ3n) is 3.14. The summed E-state index contributed by atoms with van der Waals surface area (Å²) in [5, 5.41) is 5.04. The molecule has 1 aliphatic rings. The van der Waals surface area contributed by atoms with Gasteiger partial charge < -0.3 is 4.90 Å². The van der Waals surface area contributed by atoms with Crippen LogP contribution in [0.2, 0.25) is 0 Å². The van der Waals surface area contributed by atoms with Gasteiger partial charge in [-0.2, -0.15) is 0 Å². The van der Waals surface area contributed by atoms with Crippen molar-refractivity contribution < 1.29 is 17.6 Å². The van der Waals surface area contributed by atoms with E-state index in [4.69, 9.17) is 5.14 Å². The number of carbonyl (C=O) groups excluding carboxylic acids is 1. The Morgan fingerprint density at radius 3 is 2.70 bits per heavy atom. The van der Waals surface area contributed by atoms with E-state index < -0.39 is 16.2 Å². The first kappa shape index (κ1) is 15.4. The minimum absolute atomic E-state index is 0.0768. The van der Waals surface area contributed by atoms with E-state index in [1.807, 2.05) is 0 Å². The zero-order chi connectivity index (χ0) is 14.9. The van der Waals surface area contributed by atoms with Gasteiger partial charge in [-0.3, -0.25) is 4.79 Å². The topological polar surface area (TPSA) is 80.5 Å². The lowest BCUT2D eigenvalue weighted by molar-refractivity contribution is 0.0636. The fourth-order valence-corrected chi connectivity index (χ4v) is 3.80. The molecule has 2 N–H and O–H groups in total. The molecule has 0 aromatic heterocycles. The van der Waals surface area contributed by atoms with Gasteiger partial charge in [0.05, 0.1) is 11.4 Å². The van der Waals surface area contributed by atoms with Crippen LogP contribution in [0.25, 0.3) is 0 Å². The molecular formula is C12H14BrFN2O3S. The number of amides is 1. The first-order valence-corrected chi connectivity index (χ1v) is 8.38. The summed E-state index contributed by atoms with van der Waals surface area (Å²) in [7, 11) is -3.84. The number of nitrogens with two attached hydrogens (primary N) is 1. The average Bonchev–Trinajstić information content (AvgIpc) is 2.36. The number of carbonyl (C=O) groups is 1. The number of piperidine rings is 1.